The summed E-state index contributed by atoms with van der Waals surface area (Å²) in [5.74, 6) is -1.53. The molecule has 2 aliphatic heterocycles. The van der Waals surface area contributed by atoms with Crippen LogP contribution in [0.2, 0.25) is 0 Å². The number of hydrogen-bond acceptors (Lipinski definition) is 5. The Balaban J connectivity index is 1.94. The molecule has 0 amide bonds. The molecule has 0 aromatic heterocycles. The van der Waals surface area contributed by atoms with Gasteiger partial charge in [0.1, 0.15) is 18.3 Å². The summed E-state index contributed by atoms with van der Waals surface area (Å²) in [5, 5.41) is 0. The molecular weight excluding hydrogens is 236 g/mol. The summed E-state index contributed by atoms with van der Waals surface area (Å²) in [4.78, 5) is 12.0. The first-order valence-corrected chi connectivity index (χ1v) is 6.21. The van der Waals surface area contributed by atoms with E-state index in [1.165, 1.54) is 6.08 Å². The first-order chi connectivity index (χ1) is 8.27. The van der Waals surface area contributed by atoms with Crippen LogP contribution < -0.4 is 0 Å². The Morgan fingerprint density at radius 3 is 2.28 bits per heavy atom. The standard InChI is InChI=1S/C13H18O5/c1-12(2)15-8-6-5-7(14)9-11(10(8)17-12)18-13(3,4)16-9/h5-6,8-11H,1-4H3/t8-,9+,10+,11+/m0/s1. The lowest BCUT2D eigenvalue weighted by molar-refractivity contribution is -0.175. The Morgan fingerprint density at radius 1 is 0.944 bits per heavy atom. The van der Waals surface area contributed by atoms with Gasteiger partial charge in [0, 0.05) is 0 Å². The van der Waals surface area contributed by atoms with E-state index in [4.69, 9.17) is 18.9 Å². The van der Waals surface area contributed by atoms with E-state index < -0.39 is 23.8 Å². The molecule has 1 aliphatic carbocycles. The van der Waals surface area contributed by atoms with Gasteiger partial charge in [-0.2, -0.15) is 0 Å². The van der Waals surface area contributed by atoms with Gasteiger partial charge in [-0.3, -0.25) is 4.79 Å². The molecule has 2 saturated heterocycles. The second-order valence-electron chi connectivity index (χ2n) is 5.85. The number of ether oxygens (including phenoxy) is 4. The number of carbonyl (C=O) groups excluding carboxylic acids is 1. The van der Waals surface area contributed by atoms with Crippen LogP contribution in [-0.4, -0.2) is 41.8 Å². The zero-order valence-corrected chi connectivity index (χ0v) is 11.0. The van der Waals surface area contributed by atoms with E-state index in [9.17, 15) is 4.79 Å². The quantitative estimate of drug-likeness (QED) is 0.649. The zero-order chi connectivity index (χ0) is 13.1. The lowest BCUT2D eigenvalue weighted by Gasteiger charge is -2.23. The van der Waals surface area contributed by atoms with Crippen molar-refractivity contribution in [2.75, 3.05) is 0 Å². The van der Waals surface area contributed by atoms with Crippen molar-refractivity contribution in [2.45, 2.75) is 63.7 Å². The third-order valence-corrected chi connectivity index (χ3v) is 3.35. The number of carbonyl (C=O) groups is 1. The molecule has 0 aromatic rings. The van der Waals surface area contributed by atoms with Crippen LogP contribution in [0.4, 0.5) is 0 Å². The Hall–Kier alpha value is -0.750. The van der Waals surface area contributed by atoms with Gasteiger partial charge in [0.05, 0.1) is 0 Å². The largest absolute Gasteiger partial charge is 0.341 e. The predicted molar refractivity (Wildman–Crippen MR) is 61.8 cm³/mol. The molecular formula is C13H18O5. The minimum atomic E-state index is -0.767. The number of hydrogen-bond donors (Lipinski definition) is 0. The van der Waals surface area contributed by atoms with Gasteiger partial charge >= 0.3 is 0 Å². The van der Waals surface area contributed by atoms with E-state index in [0.29, 0.717) is 0 Å². The summed E-state index contributed by atoms with van der Waals surface area (Å²) < 4.78 is 23.1. The molecule has 0 bridgehead atoms. The molecule has 0 aromatic carbocycles. The average molecular weight is 254 g/mol. The van der Waals surface area contributed by atoms with Gasteiger partial charge in [-0.25, -0.2) is 0 Å². The number of ketones is 1. The van der Waals surface area contributed by atoms with Crippen LogP contribution in [0.25, 0.3) is 0 Å². The molecule has 18 heavy (non-hydrogen) atoms. The summed E-state index contributed by atoms with van der Waals surface area (Å²) >= 11 is 0. The predicted octanol–water partition coefficient (Wildman–Crippen LogP) is 1.17. The van der Waals surface area contributed by atoms with E-state index in [0.717, 1.165) is 0 Å². The summed E-state index contributed by atoms with van der Waals surface area (Å²) in [7, 11) is 0. The molecule has 0 spiro atoms. The summed E-state index contributed by atoms with van der Waals surface area (Å²) in [6, 6.07) is 0. The van der Waals surface area contributed by atoms with Crippen LogP contribution in [-0.2, 0) is 23.7 Å². The third kappa shape index (κ3) is 1.91. The van der Waals surface area contributed by atoms with Crippen LogP contribution in [0.1, 0.15) is 27.7 Å². The second-order valence-corrected chi connectivity index (χ2v) is 5.85. The van der Waals surface area contributed by atoms with Crippen molar-refractivity contribution in [3.63, 3.8) is 0 Å². The monoisotopic (exact) mass is 254 g/mol. The fourth-order valence-corrected chi connectivity index (χ4v) is 2.75. The molecule has 4 atom stereocenters. The van der Waals surface area contributed by atoms with Crippen molar-refractivity contribution in [2.24, 2.45) is 0 Å². The molecule has 2 heterocycles. The Bertz CT molecular complexity index is 412. The van der Waals surface area contributed by atoms with Crippen LogP contribution in [0, 0.1) is 0 Å². The second kappa shape index (κ2) is 3.63. The summed E-state index contributed by atoms with van der Waals surface area (Å²) in [5.41, 5.74) is 0. The molecule has 2 fully saturated rings. The van der Waals surface area contributed by atoms with E-state index >= 15 is 0 Å². The highest BCUT2D eigenvalue weighted by atomic mass is 16.8. The molecule has 0 radical (unpaired) electrons. The molecule has 0 N–H and O–H groups in total. The number of rotatable bonds is 0. The van der Waals surface area contributed by atoms with E-state index in [-0.39, 0.29) is 18.0 Å². The Kier molecular flexibility index (Phi) is 2.48. The molecule has 5 heteroatoms. The van der Waals surface area contributed by atoms with Crippen molar-refractivity contribution in [3.8, 4) is 0 Å². The minimum Gasteiger partial charge on any atom is -0.341 e. The van der Waals surface area contributed by atoms with Crippen LogP contribution in [0.5, 0.6) is 0 Å². The normalized spacial score (nSPS) is 44.6. The maximum Gasteiger partial charge on any atom is 0.187 e. The molecule has 5 nitrogen and oxygen atoms in total. The highest BCUT2D eigenvalue weighted by Crippen LogP contribution is 2.40. The fraction of sp³-hybridized carbons (Fsp3) is 0.769. The smallest absolute Gasteiger partial charge is 0.187 e. The van der Waals surface area contributed by atoms with Crippen molar-refractivity contribution in [1.29, 1.82) is 0 Å². The maximum absolute atomic E-state index is 12.0. The molecule has 0 unspecified atom stereocenters. The van der Waals surface area contributed by atoms with Crippen molar-refractivity contribution < 1.29 is 23.7 Å². The third-order valence-electron chi connectivity index (χ3n) is 3.35. The first kappa shape index (κ1) is 12.3. The van der Waals surface area contributed by atoms with Gasteiger partial charge in [-0.05, 0) is 39.8 Å². The van der Waals surface area contributed by atoms with Gasteiger partial charge in [0.2, 0.25) is 0 Å². The number of fused-ring (bicyclic) bond motifs is 3. The highest BCUT2D eigenvalue weighted by Gasteiger charge is 2.56. The topological polar surface area (TPSA) is 54.0 Å². The van der Waals surface area contributed by atoms with Gasteiger partial charge in [-0.1, -0.05) is 0 Å². The van der Waals surface area contributed by atoms with E-state index in [1.807, 2.05) is 13.8 Å². The van der Waals surface area contributed by atoms with Crippen LogP contribution in [0.3, 0.4) is 0 Å². The van der Waals surface area contributed by atoms with Gasteiger partial charge in [-0.15, -0.1) is 0 Å². The van der Waals surface area contributed by atoms with Gasteiger partial charge in [0.25, 0.3) is 0 Å². The highest BCUT2D eigenvalue weighted by molar-refractivity contribution is 5.94. The van der Waals surface area contributed by atoms with Crippen LogP contribution in [0.15, 0.2) is 12.2 Å². The molecule has 100 valence electrons. The lowest BCUT2D eigenvalue weighted by atomic mass is 10.0. The Morgan fingerprint density at radius 2 is 1.56 bits per heavy atom. The molecule has 3 rings (SSSR count). The maximum atomic E-state index is 12.0. The minimum absolute atomic E-state index is 0.0926. The van der Waals surface area contributed by atoms with Crippen molar-refractivity contribution in [1.82, 2.24) is 0 Å². The fourth-order valence-electron chi connectivity index (χ4n) is 2.75. The summed E-state index contributed by atoms with van der Waals surface area (Å²) in [6.07, 6.45) is 1.64. The van der Waals surface area contributed by atoms with Crippen molar-refractivity contribution in [3.05, 3.63) is 12.2 Å². The van der Waals surface area contributed by atoms with E-state index in [2.05, 4.69) is 0 Å². The van der Waals surface area contributed by atoms with E-state index in [1.54, 1.807) is 19.9 Å². The van der Waals surface area contributed by atoms with Gasteiger partial charge in [0.15, 0.2) is 23.5 Å². The Labute approximate surface area is 106 Å². The lowest BCUT2D eigenvalue weighted by Crippen LogP contribution is -2.42. The first-order valence-electron chi connectivity index (χ1n) is 6.21. The average Bonchev–Trinajstić information content (AvgIpc) is 2.68. The molecule has 0 saturated carbocycles. The van der Waals surface area contributed by atoms with Gasteiger partial charge < -0.3 is 18.9 Å². The SMILES string of the molecule is CC1(C)O[C@H]2[C@@H]3OC(C)(C)O[C@@H]3C(=O)C=C[C@@H]2O1. The molecule has 3 aliphatic rings. The van der Waals surface area contributed by atoms with Crippen molar-refractivity contribution >= 4 is 5.78 Å². The van der Waals surface area contributed by atoms with Crippen LogP contribution >= 0.6 is 0 Å². The summed E-state index contributed by atoms with van der Waals surface area (Å²) in [6.45, 7) is 7.31. The zero-order valence-electron chi connectivity index (χ0n) is 11.0.